The Hall–Kier alpha value is -1.02. The molecule has 1 saturated heterocycles. The first-order chi connectivity index (χ1) is 9.74. The van der Waals surface area contributed by atoms with Crippen LogP contribution in [0.3, 0.4) is 0 Å². The van der Waals surface area contributed by atoms with Crippen molar-refractivity contribution in [1.82, 2.24) is 5.32 Å². The van der Waals surface area contributed by atoms with E-state index >= 15 is 0 Å². The Bertz CT molecular complexity index is 583. The highest BCUT2D eigenvalue weighted by atomic mass is 35.5. The molecule has 1 aliphatic rings. The molecule has 1 nitrogen and oxygen atoms in total. The molecule has 2 atom stereocenters. The van der Waals surface area contributed by atoms with Gasteiger partial charge in [-0.3, -0.25) is 0 Å². The van der Waals surface area contributed by atoms with Crippen LogP contribution in [-0.4, -0.2) is 6.54 Å². The molecule has 3 heteroatoms. The lowest BCUT2D eigenvalue weighted by Gasteiger charge is -2.21. The van der Waals surface area contributed by atoms with Crippen LogP contribution in [0.15, 0.2) is 48.5 Å². The summed E-state index contributed by atoms with van der Waals surface area (Å²) in [5.74, 6) is 0.563. The molecular formula is C17H17Cl2N. The average Bonchev–Trinajstić information content (AvgIpc) is 2.91. The lowest BCUT2D eigenvalue weighted by Crippen LogP contribution is -2.19. The number of rotatable bonds is 3. The van der Waals surface area contributed by atoms with E-state index in [0.717, 1.165) is 28.6 Å². The molecule has 0 bridgehead atoms. The number of hydrogen-bond donors (Lipinski definition) is 1. The first-order valence-electron chi connectivity index (χ1n) is 6.96. The van der Waals surface area contributed by atoms with E-state index in [1.54, 1.807) is 0 Å². The van der Waals surface area contributed by atoms with Gasteiger partial charge in [0.2, 0.25) is 0 Å². The lowest BCUT2D eigenvalue weighted by atomic mass is 9.88. The smallest absolute Gasteiger partial charge is 0.0454 e. The molecule has 2 unspecified atom stereocenters. The third-order valence-corrected chi connectivity index (χ3v) is 4.56. The fourth-order valence-corrected chi connectivity index (χ4v) is 3.43. The van der Waals surface area contributed by atoms with Gasteiger partial charge in [0.25, 0.3) is 0 Å². The maximum atomic E-state index is 6.35. The molecule has 0 amide bonds. The summed E-state index contributed by atoms with van der Waals surface area (Å²) in [7, 11) is 0. The van der Waals surface area contributed by atoms with Crippen LogP contribution < -0.4 is 5.32 Å². The normalized spacial score (nSPS) is 22.1. The molecule has 1 N–H and O–H groups in total. The molecule has 2 aromatic rings. The topological polar surface area (TPSA) is 12.0 Å². The zero-order chi connectivity index (χ0) is 13.9. The van der Waals surface area contributed by atoms with Crippen LogP contribution in [0.5, 0.6) is 0 Å². The molecule has 1 heterocycles. The maximum Gasteiger partial charge on any atom is 0.0454 e. The molecule has 104 valence electrons. The van der Waals surface area contributed by atoms with Gasteiger partial charge in [-0.25, -0.2) is 0 Å². The summed E-state index contributed by atoms with van der Waals surface area (Å²) in [5, 5.41) is 5.11. The Labute approximate surface area is 129 Å². The largest absolute Gasteiger partial charge is 0.310 e. The van der Waals surface area contributed by atoms with Crippen molar-refractivity contribution in [1.29, 1.82) is 0 Å². The standard InChI is InChI=1S/C17H17Cl2N/c18-14-6-7-16(19)15(11-14)17-13(8-9-20-17)10-12-4-2-1-3-5-12/h1-7,11,13,17,20H,8-10H2. The van der Waals surface area contributed by atoms with E-state index in [2.05, 4.69) is 35.6 Å². The van der Waals surface area contributed by atoms with E-state index in [0.29, 0.717) is 12.0 Å². The van der Waals surface area contributed by atoms with Gasteiger partial charge < -0.3 is 5.32 Å². The van der Waals surface area contributed by atoms with Gasteiger partial charge in [0, 0.05) is 16.1 Å². The van der Waals surface area contributed by atoms with Crippen LogP contribution in [-0.2, 0) is 6.42 Å². The van der Waals surface area contributed by atoms with Crippen LogP contribution in [0.2, 0.25) is 10.0 Å². The Morgan fingerprint density at radius 3 is 2.65 bits per heavy atom. The minimum Gasteiger partial charge on any atom is -0.310 e. The molecule has 20 heavy (non-hydrogen) atoms. The quantitative estimate of drug-likeness (QED) is 0.851. The van der Waals surface area contributed by atoms with Crippen molar-refractivity contribution in [2.75, 3.05) is 6.54 Å². The number of nitrogens with one attached hydrogen (secondary N) is 1. The molecule has 2 aromatic carbocycles. The minimum absolute atomic E-state index is 0.293. The van der Waals surface area contributed by atoms with Gasteiger partial charge in [-0.2, -0.15) is 0 Å². The fourth-order valence-electron chi connectivity index (χ4n) is 3.01. The highest BCUT2D eigenvalue weighted by molar-refractivity contribution is 6.33. The van der Waals surface area contributed by atoms with Gasteiger partial charge >= 0.3 is 0 Å². The van der Waals surface area contributed by atoms with Gasteiger partial charge in [-0.05, 0) is 54.6 Å². The monoisotopic (exact) mass is 305 g/mol. The highest BCUT2D eigenvalue weighted by Gasteiger charge is 2.29. The summed E-state index contributed by atoms with van der Waals surface area (Å²) < 4.78 is 0. The number of hydrogen-bond acceptors (Lipinski definition) is 1. The van der Waals surface area contributed by atoms with Crippen LogP contribution in [0.25, 0.3) is 0 Å². The van der Waals surface area contributed by atoms with E-state index in [9.17, 15) is 0 Å². The van der Waals surface area contributed by atoms with Gasteiger partial charge in [0.15, 0.2) is 0 Å². The van der Waals surface area contributed by atoms with Gasteiger partial charge in [-0.1, -0.05) is 53.5 Å². The van der Waals surface area contributed by atoms with E-state index in [4.69, 9.17) is 23.2 Å². The molecule has 1 fully saturated rings. The maximum absolute atomic E-state index is 6.35. The second-order valence-corrected chi connectivity index (χ2v) is 6.18. The minimum atomic E-state index is 0.293. The van der Waals surface area contributed by atoms with Crippen molar-refractivity contribution < 1.29 is 0 Å². The van der Waals surface area contributed by atoms with Crippen molar-refractivity contribution in [2.24, 2.45) is 5.92 Å². The Kier molecular flexibility index (Phi) is 4.30. The van der Waals surface area contributed by atoms with Crippen LogP contribution in [0.4, 0.5) is 0 Å². The third-order valence-electron chi connectivity index (χ3n) is 3.98. The Morgan fingerprint density at radius 2 is 1.85 bits per heavy atom. The van der Waals surface area contributed by atoms with Gasteiger partial charge in [-0.15, -0.1) is 0 Å². The van der Waals surface area contributed by atoms with Crippen molar-refractivity contribution >= 4 is 23.2 Å². The average molecular weight is 306 g/mol. The summed E-state index contributed by atoms with van der Waals surface area (Å²) >= 11 is 12.5. The van der Waals surface area contributed by atoms with E-state index in [1.807, 2.05) is 18.2 Å². The van der Waals surface area contributed by atoms with Crippen LogP contribution in [0, 0.1) is 5.92 Å². The summed E-state index contributed by atoms with van der Waals surface area (Å²) in [4.78, 5) is 0. The molecule has 0 aromatic heterocycles. The summed E-state index contributed by atoms with van der Waals surface area (Å²) in [6.45, 7) is 1.03. The van der Waals surface area contributed by atoms with Crippen molar-refractivity contribution in [3.8, 4) is 0 Å². The first kappa shape index (κ1) is 13.9. The summed E-state index contributed by atoms with van der Waals surface area (Å²) in [5.41, 5.74) is 2.50. The first-order valence-corrected chi connectivity index (χ1v) is 7.72. The molecule has 0 aliphatic carbocycles. The lowest BCUT2D eigenvalue weighted by molar-refractivity contribution is 0.460. The second-order valence-electron chi connectivity index (χ2n) is 5.34. The van der Waals surface area contributed by atoms with Gasteiger partial charge in [0.1, 0.15) is 0 Å². The Morgan fingerprint density at radius 1 is 1.05 bits per heavy atom. The summed E-state index contributed by atoms with van der Waals surface area (Å²) in [6, 6.07) is 16.6. The third kappa shape index (κ3) is 3.01. The Balaban J connectivity index is 1.83. The second kappa shape index (κ2) is 6.17. The van der Waals surface area contributed by atoms with Crippen molar-refractivity contribution in [3.05, 3.63) is 69.7 Å². The van der Waals surface area contributed by atoms with Crippen LogP contribution in [0.1, 0.15) is 23.6 Å². The van der Waals surface area contributed by atoms with E-state index in [1.165, 1.54) is 12.0 Å². The molecule has 0 spiro atoms. The SMILES string of the molecule is Clc1ccc(Cl)c(C2NCCC2Cc2ccccc2)c1. The molecule has 3 rings (SSSR count). The van der Waals surface area contributed by atoms with Crippen molar-refractivity contribution in [3.63, 3.8) is 0 Å². The zero-order valence-corrected chi connectivity index (χ0v) is 12.7. The fraction of sp³-hybridized carbons (Fsp3) is 0.294. The van der Waals surface area contributed by atoms with Crippen LogP contribution >= 0.6 is 23.2 Å². The summed E-state index contributed by atoms with van der Waals surface area (Å²) in [6.07, 6.45) is 2.24. The highest BCUT2D eigenvalue weighted by Crippen LogP contribution is 2.36. The molecule has 1 aliphatic heterocycles. The molecule has 0 saturated carbocycles. The predicted octanol–water partition coefficient (Wildman–Crippen LogP) is 4.89. The number of halogens is 2. The van der Waals surface area contributed by atoms with Crippen molar-refractivity contribution in [2.45, 2.75) is 18.9 Å². The van der Waals surface area contributed by atoms with Gasteiger partial charge in [0.05, 0.1) is 0 Å². The van der Waals surface area contributed by atoms with E-state index in [-0.39, 0.29) is 0 Å². The van der Waals surface area contributed by atoms with E-state index < -0.39 is 0 Å². The number of benzene rings is 2. The molecular weight excluding hydrogens is 289 g/mol. The molecule has 0 radical (unpaired) electrons. The zero-order valence-electron chi connectivity index (χ0n) is 11.2. The predicted molar refractivity (Wildman–Crippen MR) is 85.5 cm³/mol.